The number of nitrogens with one attached hydrogen (secondary N) is 1. The number of halogens is 1. The largest absolute Gasteiger partial charge is 0.480 e. The smallest absolute Gasteiger partial charge is 0.415 e. The maximum absolute atomic E-state index is 13.4. The standard InChI is InChI=1S/C25H27FN2O6S/c1-35-19-10-20(17-6-8-18(26)9-7-17)23-21(11-19)28(23)24(31)27-25(32)34-13-16-4-2-15(3-5-16)12-33-14-22(29)30/h6-11,15-16H,2-5,12-14H2,1H3,(H,29,30)(H,27,31,32). The first-order valence-electron chi connectivity index (χ1n) is 11.4. The maximum Gasteiger partial charge on any atom is 0.415 e. The van der Waals surface area contributed by atoms with Crippen molar-refractivity contribution < 1.29 is 33.4 Å². The van der Waals surface area contributed by atoms with E-state index in [2.05, 4.69) is 5.32 Å². The number of rotatable bonds is 8. The van der Waals surface area contributed by atoms with Crippen molar-refractivity contribution in [1.82, 2.24) is 5.32 Å². The highest BCUT2D eigenvalue weighted by Crippen LogP contribution is 2.55. The van der Waals surface area contributed by atoms with E-state index in [0.29, 0.717) is 23.9 Å². The summed E-state index contributed by atoms with van der Waals surface area (Å²) in [5.41, 5.74) is 2.95. The second-order valence-corrected chi connectivity index (χ2v) is 9.59. The first kappa shape index (κ1) is 25.0. The summed E-state index contributed by atoms with van der Waals surface area (Å²) < 4.78 is 23.8. The highest BCUT2D eigenvalue weighted by atomic mass is 32.2. The van der Waals surface area contributed by atoms with Crippen molar-refractivity contribution in [2.45, 2.75) is 30.6 Å². The van der Waals surface area contributed by atoms with Crippen LogP contribution in [0.15, 0.2) is 41.3 Å². The lowest BCUT2D eigenvalue weighted by atomic mass is 9.83. The molecule has 35 heavy (non-hydrogen) atoms. The second-order valence-electron chi connectivity index (χ2n) is 8.71. The van der Waals surface area contributed by atoms with Crippen LogP contribution in [0.2, 0.25) is 0 Å². The van der Waals surface area contributed by atoms with Crippen LogP contribution in [0.5, 0.6) is 0 Å². The molecule has 0 radical (unpaired) electrons. The van der Waals surface area contributed by atoms with Crippen LogP contribution in [-0.4, -0.2) is 49.3 Å². The molecule has 10 heteroatoms. The molecule has 4 rings (SSSR count). The lowest BCUT2D eigenvalue weighted by molar-refractivity contribution is -0.142. The fourth-order valence-electron chi connectivity index (χ4n) is 4.38. The first-order chi connectivity index (χ1) is 16.9. The van der Waals surface area contributed by atoms with E-state index >= 15 is 0 Å². The number of ether oxygens (including phenoxy) is 2. The van der Waals surface area contributed by atoms with Crippen molar-refractivity contribution in [2.24, 2.45) is 11.8 Å². The number of urea groups is 1. The number of nitrogens with zero attached hydrogens (tertiary/aromatic N) is 1. The Balaban J connectivity index is 1.26. The van der Waals surface area contributed by atoms with E-state index in [1.165, 1.54) is 28.8 Å². The molecule has 0 saturated heterocycles. The first-order valence-corrected chi connectivity index (χ1v) is 12.6. The Morgan fingerprint density at radius 3 is 2.37 bits per heavy atom. The fourth-order valence-corrected chi connectivity index (χ4v) is 4.85. The Hall–Kier alpha value is -3.11. The molecule has 0 unspecified atom stereocenters. The number of imide groups is 1. The van der Waals surface area contributed by atoms with Gasteiger partial charge in [0.15, 0.2) is 0 Å². The molecular weight excluding hydrogens is 475 g/mol. The van der Waals surface area contributed by atoms with Crippen LogP contribution in [-0.2, 0) is 14.3 Å². The molecule has 0 aromatic heterocycles. The van der Waals surface area contributed by atoms with Gasteiger partial charge >= 0.3 is 18.1 Å². The molecule has 0 spiro atoms. The van der Waals surface area contributed by atoms with E-state index in [4.69, 9.17) is 14.6 Å². The third-order valence-electron chi connectivity index (χ3n) is 6.28. The highest BCUT2D eigenvalue weighted by Gasteiger charge is 2.40. The number of fused-ring (bicyclic) bond motifs is 1. The molecule has 186 valence electrons. The lowest BCUT2D eigenvalue weighted by Gasteiger charge is -2.27. The summed E-state index contributed by atoms with van der Waals surface area (Å²) in [6.07, 6.45) is 4.57. The van der Waals surface area contributed by atoms with Crippen molar-refractivity contribution in [1.29, 1.82) is 0 Å². The van der Waals surface area contributed by atoms with Gasteiger partial charge in [-0.3, -0.25) is 4.90 Å². The topological polar surface area (TPSA) is 105 Å². The van der Waals surface area contributed by atoms with Crippen LogP contribution in [0.4, 0.5) is 25.4 Å². The zero-order valence-corrected chi connectivity index (χ0v) is 20.1. The number of benzene rings is 2. The second kappa shape index (κ2) is 11.1. The Morgan fingerprint density at radius 2 is 1.74 bits per heavy atom. The minimum atomic E-state index is -0.977. The molecule has 2 aromatic carbocycles. The van der Waals surface area contributed by atoms with Gasteiger partial charge in [-0.15, -0.1) is 11.8 Å². The van der Waals surface area contributed by atoms with Gasteiger partial charge in [-0.1, -0.05) is 12.1 Å². The number of hydrogen-bond donors (Lipinski definition) is 2. The summed E-state index contributed by atoms with van der Waals surface area (Å²) in [6.45, 7) is 0.345. The molecule has 1 fully saturated rings. The van der Waals surface area contributed by atoms with Gasteiger partial charge in [0.25, 0.3) is 0 Å². The monoisotopic (exact) mass is 502 g/mol. The van der Waals surface area contributed by atoms with Gasteiger partial charge in [-0.2, -0.15) is 0 Å². The minimum Gasteiger partial charge on any atom is -0.480 e. The number of carbonyl (C=O) groups is 3. The predicted octanol–water partition coefficient (Wildman–Crippen LogP) is 5.42. The number of anilines is 2. The summed E-state index contributed by atoms with van der Waals surface area (Å²) in [7, 11) is 0. The third-order valence-corrected chi connectivity index (χ3v) is 6.98. The van der Waals surface area contributed by atoms with Gasteiger partial charge in [-0.05, 0) is 73.6 Å². The van der Waals surface area contributed by atoms with E-state index in [1.54, 1.807) is 12.1 Å². The van der Waals surface area contributed by atoms with Gasteiger partial charge in [0.05, 0.1) is 24.6 Å². The van der Waals surface area contributed by atoms with E-state index < -0.39 is 18.1 Å². The average molecular weight is 503 g/mol. The summed E-state index contributed by atoms with van der Waals surface area (Å²) in [6, 6.07) is 9.27. The number of carboxylic acid groups (broad SMARTS) is 1. The summed E-state index contributed by atoms with van der Waals surface area (Å²) in [5.74, 6) is -0.814. The molecule has 0 bridgehead atoms. The molecule has 2 N–H and O–H groups in total. The van der Waals surface area contributed by atoms with Gasteiger partial charge in [0.1, 0.15) is 12.4 Å². The van der Waals surface area contributed by atoms with Crippen LogP contribution in [0, 0.1) is 17.7 Å². The average Bonchev–Trinajstić information content (AvgIpc) is 3.58. The Morgan fingerprint density at radius 1 is 1.09 bits per heavy atom. The van der Waals surface area contributed by atoms with E-state index in [1.807, 2.05) is 18.4 Å². The number of hydrogen-bond acceptors (Lipinski definition) is 6. The quantitative estimate of drug-likeness (QED) is 0.367. The lowest BCUT2D eigenvalue weighted by Crippen LogP contribution is -2.36. The van der Waals surface area contributed by atoms with Crippen molar-refractivity contribution >= 4 is 41.2 Å². The Kier molecular flexibility index (Phi) is 7.92. The Labute approximate surface area is 206 Å². The van der Waals surface area contributed by atoms with Crippen molar-refractivity contribution in [3.8, 4) is 11.1 Å². The molecule has 2 aliphatic rings. The molecule has 1 aliphatic heterocycles. The molecule has 0 atom stereocenters. The zero-order chi connectivity index (χ0) is 24.9. The number of alkyl carbamates (subject to hydrolysis) is 1. The van der Waals surface area contributed by atoms with Crippen LogP contribution in [0.25, 0.3) is 11.1 Å². The number of carbonyl (C=O) groups excluding carboxylic acids is 2. The van der Waals surface area contributed by atoms with E-state index in [9.17, 15) is 18.8 Å². The maximum atomic E-state index is 13.4. The van der Waals surface area contributed by atoms with Crippen LogP contribution in [0.3, 0.4) is 0 Å². The summed E-state index contributed by atoms with van der Waals surface area (Å²) >= 11 is 1.53. The van der Waals surface area contributed by atoms with Gasteiger partial charge in [-0.25, -0.2) is 24.1 Å². The highest BCUT2D eigenvalue weighted by molar-refractivity contribution is 7.98. The van der Waals surface area contributed by atoms with E-state index in [-0.39, 0.29) is 24.9 Å². The van der Waals surface area contributed by atoms with Gasteiger partial charge in [0.2, 0.25) is 0 Å². The van der Waals surface area contributed by atoms with Gasteiger partial charge in [0, 0.05) is 10.5 Å². The van der Waals surface area contributed by atoms with Crippen LogP contribution in [0.1, 0.15) is 25.7 Å². The fraction of sp³-hybridized carbons (Fsp3) is 0.400. The van der Waals surface area contributed by atoms with Crippen molar-refractivity contribution in [3.05, 3.63) is 42.2 Å². The molecule has 8 nitrogen and oxygen atoms in total. The van der Waals surface area contributed by atoms with Crippen LogP contribution < -0.4 is 10.2 Å². The van der Waals surface area contributed by atoms with Crippen molar-refractivity contribution in [2.75, 3.05) is 31.0 Å². The molecule has 3 amide bonds. The normalized spacial score (nSPS) is 18.5. The number of thioether (sulfide) groups is 1. The third kappa shape index (κ3) is 6.32. The van der Waals surface area contributed by atoms with Crippen molar-refractivity contribution in [3.63, 3.8) is 0 Å². The molecule has 1 aliphatic carbocycles. The number of aliphatic carboxylic acids is 1. The molecule has 1 saturated carbocycles. The Bertz CT molecular complexity index is 1100. The SMILES string of the molecule is CSc1cc(-c2ccc(F)cc2)c2c(c1)N2C(=O)NC(=O)OCC1CCC(COCC(=O)O)CC1. The van der Waals surface area contributed by atoms with Gasteiger partial charge < -0.3 is 14.6 Å². The summed E-state index contributed by atoms with van der Waals surface area (Å²) in [5, 5.41) is 10.9. The zero-order valence-electron chi connectivity index (χ0n) is 19.3. The molecular formula is C25H27FN2O6S. The van der Waals surface area contributed by atoms with Crippen LogP contribution >= 0.6 is 11.8 Å². The molecule has 2 aromatic rings. The minimum absolute atomic E-state index is 0.194. The predicted molar refractivity (Wildman–Crippen MR) is 130 cm³/mol. The van der Waals surface area contributed by atoms with E-state index in [0.717, 1.165) is 41.7 Å². The number of amides is 3. The number of carboxylic acids is 1. The molecule has 1 heterocycles. The summed E-state index contributed by atoms with van der Waals surface area (Å²) in [4.78, 5) is 37.9.